The Morgan fingerprint density at radius 3 is 2.05 bits per heavy atom. The molecule has 0 bridgehead atoms. The molecule has 0 spiro atoms. The third-order valence-electron chi connectivity index (χ3n) is 7.73. The van der Waals surface area contributed by atoms with Crippen molar-refractivity contribution in [3.8, 4) is 0 Å². The number of aromatic nitrogens is 1. The molecule has 214 valence electrons. The number of carbonyl (C=O) groups is 3. The summed E-state index contributed by atoms with van der Waals surface area (Å²) >= 11 is 0. The van der Waals surface area contributed by atoms with Crippen LogP contribution in [0, 0.1) is 0 Å². The highest BCUT2D eigenvalue weighted by molar-refractivity contribution is 6.07. The van der Waals surface area contributed by atoms with Gasteiger partial charge >= 0.3 is 0 Å². The van der Waals surface area contributed by atoms with E-state index in [4.69, 9.17) is 0 Å². The van der Waals surface area contributed by atoms with Gasteiger partial charge in [0, 0.05) is 75.9 Å². The molecule has 3 aromatic rings. The first kappa shape index (κ1) is 28.3. The van der Waals surface area contributed by atoms with Gasteiger partial charge in [-0.05, 0) is 53.4 Å². The number of hydrogen-bond acceptors (Lipinski definition) is 6. The molecule has 2 aliphatic rings. The van der Waals surface area contributed by atoms with E-state index in [1.54, 1.807) is 30.6 Å². The van der Waals surface area contributed by atoms with Gasteiger partial charge < -0.3 is 25.3 Å². The monoisotopic (exact) mass is 554 g/mol. The number of anilines is 2. The normalized spacial score (nSPS) is 15.9. The van der Waals surface area contributed by atoms with Gasteiger partial charge in [0.05, 0.1) is 16.9 Å². The maximum atomic E-state index is 13.4. The molecule has 41 heavy (non-hydrogen) atoms. The van der Waals surface area contributed by atoms with Gasteiger partial charge in [-0.2, -0.15) is 0 Å². The molecule has 2 N–H and O–H groups in total. The van der Waals surface area contributed by atoms with Crippen LogP contribution >= 0.6 is 0 Å². The largest absolute Gasteiger partial charge is 0.366 e. The lowest BCUT2D eigenvalue weighted by Gasteiger charge is -2.37. The number of benzene rings is 2. The Bertz CT molecular complexity index is 1390. The summed E-state index contributed by atoms with van der Waals surface area (Å²) in [5.41, 5.74) is 4.22. The summed E-state index contributed by atoms with van der Waals surface area (Å²) in [5.74, 6) is -0.319. The van der Waals surface area contributed by atoms with E-state index in [1.165, 1.54) is 0 Å². The van der Waals surface area contributed by atoms with Crippen LogP contribution in [0.15, 0.2) is 67.0 Å². The first-order chi connectivity index (χ1) is 19.7. The van der Waals surface area contributed by atoms with Gasteiger partial charge in [0.1, 0.15) is 0 Å². The predicted molar refractivity (Wildman–Crippen MR) is 161 cm³/mol. The molecule has 3 amide bonds. The second-order valence-corrected chi connectivity index (χ2v) is 11.6. The summed E-state index contributed by atoms with van der Waals surface area (Å²) in [7, 11) is 0. The highest BCUT2D eigenvalue weighted by atomic mass is 16.2. The topological polar surface area (TPSA) is 97.9 Å². The average Bonchev–Trinajstić information content (AvgIpc) is 3.01. The van der Waals surface area contributed by atoms with E-state index >= 15 is 0 Å². The van der Waals surface area contributed by atoms with Crippen LogP contribution in [-0.2, 0) is 5.41 Å². The molecule has 0 unspecified atom stereocenters. The van der Waals surface area contributed by atoms with Crippen molar-refractivity contribution in [2.75, 3.05) is 62.6 Å². The molecule has 0 atom stereocenters. The van der Waals surface area contributed by atoms with Crippen LogP contribution in [0.2, 0.25) is 0 Å². The zero-order chi connectivity index (χ0) is 29.0. The summed E-state index contributed by atoms with van der Waals surface area (Å²) < 4.78 is 0. The van der Waals surface area contributed by atoms with Crippen molar-refractivity contribution in [1.29, 1.82) is 0 Å². The van der Waals surface area contributed by atoms with Crippen molar-refractivity contribution in [2.45, 2.75) is 26.2 Å². The fraction of sp³-hybridized carbons (Fsp3) is 0.375. The number of hydrogen-bond donors (Lipinski definition) is 2. The van der Waals surface area contributed by atoms with Gasteiger partial charge in [-0.25, -0.2) is 0 Å². The van der Waals surface area contributed by atoms with Crippen LogP contribution < -0.4 is 15.5 Å². The van der Waals surface area contributed by atoms with E-state index < -0.39 is 0 Å². The maximum absolute atomic E-state index is 13.4. The van der Waals surface area contributed by atoms with Crippen LogP contribution in [0.1, 0.15) is 57.4 Å². The number of amides is 3. The Kier molecular flexibility index (Phi) is 8.35. The minimum absolute atomic E-state index is 0.0125. The Labute approximate surface area is 241 Å². The molecule has 2 fully saturated rings. The number of piperazine rings is 2. The molecule has 1 aromatic heterocycles. The quantitative estimate of drug-likeness (QED) is 0.500. The number of rotatable bonds is 5. The molecule has 0 radical (unpaired) electrons. The second kappa shape index (κ2) is 12.1. The Balaban J connectivity index is 1.37. The van der Waals surface area contributed by atoms with Crippen molar-refractivity contribution in [2.24, 2.45) is 0 Å². The zero-order valence-corrected chi connectivity index (χ0v) is 24.0. The van der Waals surface area contributed by atoms with E-state index in [0.29, 0.717) is 61.6 Å². The SMILES string of the molecule is CC(C)(C)c1ccc(C(=O)Nc2cc(C(=O)N3CCNCC3)ccc2N2CCN(C(=O)c3cccnc3)CC2)cc1. The number of pyridine rings is 1. The minimum atomic E-state index is -0.233. The molecule has 2 saturated heterocycles. The van der Waals surface area contributed by atoms with Crippen LogP contribution in [-0.4, -0.2) is 84.9 Å². The van der Waals surface area contributed by atoms with Crippen LogP contribution in [0.3, 0.4) is 0 Å². The molecule has 3 heterocycles. The van der Waals surface area contributed by atoms with Gasteiger partial charge in [-0.1, -0.05) is 32.9 Å². The Morgan fingerprint density at radius 2 is 1.41 bits per heavy atom. The first-order valence-electron chi connectivity index (χ1n) is 14.2. The number of nitrogens with zero attached hydrogens (tertiary/aromatic N) is 4. The van der Waals surface area contributed by atoms with Crippen molar-refractivity contribution in [3.63, 3.8) is 0 Å². The van der Waals surface area contributed by atoms with Crippen LogP contribution in [0.4, 0.5) is 11.4 Å². The first-order valence-corrected chi connectivity index (χ1v) is 14.2. The van der Waals surface area contributed by atoms with E-state index in [1.807, 2.05) is 46.2 Å². The zero-order valence-electron chi connectivity index (χ0n) is 24.0. The maximum Gasteiger partial charge on any atom is 0.255 e. The molecule has 0 saturated carbocycles. The van der Waals surface area contributed by atoms with Crippen molar-refractivity contribution >= 4 is 29.1 Å². The Hall–Kier alpha value is -4.24. The summed E-state index contributed by atoms with van der Waals surface area (Å²) in [6.07, 6.45) is 3.24. The molecule has 0 aliphatic carbocycles. The summed E-state index contributed by atoms with van der Waals surface area (Å²) in [5, 5.41) is 6.36. The lowest BCUT2D eigenvalue weighted by atomic mass is 9.86. The molecule has 9 nitrogen and oxygen atoms in total. The predicted octanol–water partition coefficient (Wildman–Crippen LogP) is 3.64. The van der Waals surface area contributed by atoms with Gasteiger partial charge in [0.2, 0.25) is 0 Å². The van der Waals surface area contributed by atoms with E-state index in [-0.39, 0.29) is 23.1 Å². The van der Waals surface area contributed by atoms with Crippen molar-refractivity contribution in [3.05, 3.63) is 89.2 Å². The molecule has 2 aromatic carbocycles. The lowest BCUT2D eigenvalue weighted by Crippen LogP contribution is -2.49. The van der Waals surface area contributed by atoms with E-state index in [2.05, 4.69) is 41.3 Å². The Morgan fingerprint density at radius 1 is 0.780 bits per heavy atom. The highest BCUT2D eigenvalue weighted by Gasteiger charge is 2.26. The van der Waals surface area contributed by atoms with E-state index in [9.17, 15) is 14.4 Å². The van der Waals surface area contributed by atoms with Gasteiger partial charge in [-0.15, -0.1) is 0 Å². The fourth-order valence-electron chi connectivity index (χ4n) is 5.23. The van der Waals surface area contributed by atoms with E-state index in [0.717, 1.165) is 24.3 Å². The molecule has 2 aliphatic heterocycles. The second-order valence-electron chi connectivity index (χ2n) is 11.6. The van der Waals surface area contributed by atoms with Crippen LogP contribution in [0.25, 0.3) is 0 Å². The minimum Gasteiger partial charge on any atom is -0.366 e. The van der Waals surface area contributed by atoms with Crippen molar-refractivity contribution < 1.29 is 14.4 Å². The molecular formula is C32H38N6O3. The van der Waals surface area contributed by atoms with Crippen molar-refractivity contribution in [1.82, 2.24) is 20.1 Å². The number of carbonyl (C=O) groups excluding carboxylic acids is 3. The third-order valence-corrected chi connectivity index (χ3v) is 7.73. The molecule has 9 heteroatoms. The standard InChI is InChI=1S/C32H38N6O3/c1-32(2,3)26-9-6-23(7-10-26)29(39)35-27-21-24(30(40)37-15-13-33-14-16-37)8-11-28(27)36-17-19-38(20-18-36)31(41)25-5-4-12-34-22-25/h4-12,21-22,33H,13-20H2,1-3H3,(H,35,39). The summed E-state index contributed by atoms with van der Waals surface area (Å²) in [6.45, 7) is 11.5. The lowest BCUT2D eigenvalue weighted by molar-refractivity contribution is 0.0731. The summed E-state index contributed by atoms with van der Waals surface area (Å²) in [4.78, 5) is 49.5. The molecule has 5 rings (SSSR count). The highest BCUT2D eigenvalue weighted by Crippen LogP contribution is 2.30. The third kappa shape index (κ3) is 6.57. The van der Waals surface area contributed by atoms with Crippen LogP contribution in [0.5, 0.6) is 0 Å². The smallest absolute Gasteiger partial charge is 0.255 e. The van der Waals surface area contributed by atoms with Gasteiger partial charge in [0.15, 0.2) is 0 Å². The fourth-order valence-corrected chi connectivity index (χ4v) is 5.23. The van der Waals surface area contributed by atoms with Gasteiger partial charge in [0.25, 0.3) is 17.7 Å². The molecular weight excluding hydrogens is 516 g/mol. The number of nitrogens with one attached hydrogen (secondary N) is 2. The summed E-state index contributed by atoms with van der Waals surface area (Å²) in [6, 6.07) is 16.7. The van der Waals surface area contributed by atoms with Gasteiger partial charge in [-0.3, -0.25) is 19.4 Å². The average molecular weight is 555 g/mol.